The Labute approximate surface area is 179 Å². The van der Waals surface area contributed by atoms with Gasteiger partial charge in [0.1, 0.15) is 5.75 Å². The van der Waals surface area contributed by atoms with Crippen molar-refractivity contribution in [1.29, 1.82) is 0 Å². The summed E-state index contributed by atoms with van der Waals surface area (Å²) in [6, 6.07) is 6.72. The number of likely N-dealkylation sites (N-methyl/N-ethyl adjacent to an activating group) is 1. The Hall–Kier alpha value is -2.16. The lowest BCUT2D eigenvalue weighted by atomic mass is 10.00. The quantitative estimate of drug-likeness (QED) is 0.721. The molecule has 0 fully saturated rings. The van der Waals surface area contributed by atoms with E-state index in [1.165, 1.54) is 6.07 Å². The summed E-state index contributed by atoms with van der Waals surface area (Å²) in [6.07, 6.45) is 1.65. The molecule has 164 valence electrons. The van der Waals surface area contributed by atoms with Gasteiger partial charge in [-0.25, -0.2) is 18.5 Å². The summed E-state index contributed by atoms with van der Waals surface area (Å²) in [5.41, 5.74) is 3.53. The van der Waals surface area contributed by atoms with E-state index >= 15 is 0 Å². The Morgan fingerprint density at radius 2 is 1.87 bits per heavy atom. The summed E-state index contributed by atoms with van der Waals surface area (Å²) < 4.78 is 35.8. The molecule has 0 saturated carbocycles. The topological polar surface area (TPSA) is 94.8 Å². The molecule has 2 heterocycles. The first kappa shape index (κ1) is 22.5. The third kappa shape index (κ3) is 5.11. The average Bonchev–Trinajstić information content (AvgIpc) is 2.88. The van der Waals surface area contributed by atoms with Crippen molar-refractivity contribution in [1.82, 2.24) is 9.88 Å². The Kier molecular flexibility index (Phi) is 7.00. The molecule has 0 atom stereocenters. The minimum Gasteiger partial charge on any atom is -0.493 e. The van der Waals surface area contributed by atoms with Crippen LogP contribution in [0.1, 0.15) is 39.0 Å². The van der Waals surface area contributed by atoms with E-state index in [4.69, 9.17) is 19.6 Å². The highest BCUT2D eigenvalue weighted by Gasteiger charge is 2.22. The van der Waals surface area contributed by atoms with Crippen LogP contribution in [-0.4, -0.2) is 50.6 Å². The third-order valence-corrected chi connectivity index (χ3v) is 6.09. The number of rotatable bonds is 7. The highest BCUT2D eigenvalue weighted by atomic mass is 32.2. The maximum Gasteiger partial charge on any atom is 0.238 e. The van der Waals surface area contributed by atoms with Gasteiger partial charge in [0.2, 0.25) is 15.9 Å². The largest absolute Gasteiger partial charge is 0.493 e. The Bertz CT molecular complexity index is 1010. The van der Waals surface area contributed by atoms with Crippen LogP contribution in [0.3, 0.4) is 0 Å². The molecule has 30 heavy (non-hydrogen) atoms. The minimum atomic E-state index is -3.86. The van der Waals surface area contributed by atoms with Gasteiger partial charge in [-0.2, -0.15) is 0 Å². The number of ether oxygens (including phenoxy) is 2. The second kappa shape index (κ2) is 9.32. The molecule has 1 aromatic carbocycles. The van der Waals surface area contributed by atoms with Gasteiger partial charge >= 0.3 is 0 Å². The summed E-state index contributed by atoms with van der Waals surface area (Å²) in [5.74, 6) is 1.06. The number of pyridine rings is 1. The molecular weight excluding hydrogens is 402 g/mol. The van der Waals surface area contributed by atoms with Gasteiger partial charge < -0.3 is 14.4 Å². The van der Waals surface area contributed by atoms with Gasteiger partial charge in [0.05, 0.1) is 17.6 Å². The zero-order valence-electron chi connectivity index (χ0n) is 18.1. The third-order valence-electron chi connectivity index (χ3n) is 5.18. The summed E-state index contributed by atoms with van der Waals surface area (Å²) in [7, 11) is -3.86. The number of primary sulfonamides is 1. The molecule has 3 rings (SSSR count). The number of hydrogen-bond donors (Lipinski definition) is 1. The average molecular weight is 434 g/mol. The Morgan fingerprint density at radius 1 is 1.13 bits per heavy atom. The van der Waals surface area contributed by atoms with Gasteiger partial charge in [-0.1, -0.05) is 6.92 Å². The van der Waals surface area contributed by atoms with E-state index in [2.05, 4.69) is 17.9 Å². The maximum absolute atomic E-state index is 12.0. The van der Waals surface area contributed by atoms with Gasteiger partial charge in [-0.15, -0.1) is 0 Å². The van der Waals surface area contributed by atoms with Crippen molar-refractivity contribution in [3.63, 3.8) is 0 Å². The fourth-order valence-corrected chi connectivity index (χ4v) is 4.20. The van der Waals surface area contributed by atoms with Crippen LogP contribution in [0.15, 0.2) is 29.2 Å². The number of nitrogens with two attached hydrogens (primary N) is 1. The molecule has 0 bridgehead atoms. The zero-order chi connectivity index (χ0) is 21.9. The van der Waals surface area contributed by atoms with Gasteiger partial charge in [-0.05, 0) is 63.6 Å². The van der Waals surface area contributed by atoms with E-state index in [9.17, 15) is 8.42 Å². The van der Waals surface area contributed by atoms with Crippen molar-refractivity contribution < 1.29 is 17.9 Å². The summed E-state index contributed by atoms with van der Waals surface area (Å²) >= 11 is 0. The first-order chi connectivity index (χ1) is 14.2. The minimum absolute atomic E-state index is 0.0311. The van der Waals surface area contributed by atoms with E-state index in [-0.39, 0.29) is 11.0 Å². The molecule has 2 aromatic rings. The van der Waals surface area contributed by atoms with Crippen LogP contribution < -0.4 is 14.6 Å². The second-order valence-electron chi connectivity index (χ2n) is 7.68. The standard InChI is InChI=1S/C22H31N3O4S/c1-5-25-11-9-16-13-19(22(29-15(3)4)24-20(16)10-12-25)18-14-17(30(23,26)27)7-8-21(18)28-6-2/h7-8,13-15H,5-6,9-12H2,1-4H3,(H2,23,26,27). The van der Waals surface area contributed by atoms with Crippen molar-refractivity contribution in [2.45, 2.75) is 51.5 Å². The van der Waals surface area contributed by atoms with Crippen LogP contribution in [0.4, 0.5) is 0 Å². The first-order valence-electron chi connectivity index (χ1n) is 10.4. The van der Waals surface area contributed by atoms with Crippen molar-refractivity contribution in [2.24, 2.45) is 5.14 Å². The monoisotopic (exact) mass is 433 g/mol. The molecule has 1 aliphatic rings. The molecule has 0 spiro atoms. The lowest BCUT2D eigenvalue weighted by molar-refractivity contribution is 0.233. The van der Waals surface area contributed by atoms with Crippen molar-refractivity contribution >= 4 is 10.0 Å². The smallest absolute Gasteiger partial charge is 0.238 e. The van der Waals surface area contributed by atoms with Crippen LogP contribution in [0.2, 0.25) is 0 Å². The van der Waals surface area contributed by atoms with E-state index in [0.29, 0.717) is 23.8 Å². The normalized spacial score (nSPS) is 15.0. The highest BCUT2D eigenvalue weighted by Crippen LogP contribution is 2.39. The van der Waals surface area contributed by atoms with Gasteiger partial charge in [-0.3, -0.25) is 0 Å². The predicted molar refractivity (Wildman–Crippen MR) is 118 cm³/mol. The van der Waals surface area contributed by atoms with E-state index < -0.39 is 10.0 Å². The second-order valence-corrected chi connectivity index (χ2v) is 9.25. The molecule has 7 nitrogen and oxygen atoms in total. The Balaban J connectivity index is 2.20. The number of hydrogen-bond acceptors (Lipinski definition) is 6. The molecule has 0 amide bonds. The van der Waals surface area contributed by atoms with Crippen LogP contribution in [0.25, 0.3) is 11.1 Å². The van der Waals surface area contributed by atoms with Crippen LogP contribution >= 0.6 is 0 Å². The molecule has 0 unspecified atom stereocenters. The SMILES string of the molecule is CCOc1ccc(S(N)(=O)=O)cc1-c1cc2c(nc1OC(C)C)CCN(CC)CC2. The molecule has 0 aliphatic carbocycles. The number of aromatic nitrogens is 1. The van der Waals surface area contributed by atoms with Gasteiger partial charge in [0.25, 0.3) is 0 Å². The van der Waals surface area contributed by atoms with E-state index in [1.807, 2.05) is 20.8 Å². The van der Waals surface area contributed by atoms with Crippen LogP contribution in [0, 0.1) is 0 Å². The molecule has 0 saturated heterocycles. The molecular formula is C22H31N3O4S. The van der Waals surface area contributed by atoms with Crippen LogP contribution in [0.5, 0.6) is 11.6 Å². The maximum atomic E-state index is 12.0. The fourth-order valence-electron chi connectivity index (χ4n) is 3.66. The fraction of sp³-hybridized carbons (Fsp3) is 0.500. The number of benzene rings is 1. The number of sulfonamides is 1. The lowest BCUT2D eigenvalue weighted by Crippen LogP contribution is -2.25. The lowest BCUT2D eigenvalue weighted by Gasteiger charge is -2.19. The molecule has 0 radical (unpaired) electrons. The van der Waals surface area contributed by atoms with Crippen molar-refractivity contribution in [2.75, 3.05) is 26.2 Å². The van der Waals surface area contributed by atoms with Gasteiger partial charge in [0, 0.05) is 36.3 Å². The molecule has 8 heteroatoms. The van der Waals surface area contributed by atoms with Crippen molar-refractivity contribution in [3.05, 3.63) is 35.5 Å². The summed E-state index contributed by atoms with van der Waals surface area (Å²) in [5, 5.41) is 5.39. The number of fused-ring (bicyclic) bond motifs is 1. The highest BCUT2D eigenvalue weighted by molar-refractivity contribution is 7.89. The predicted octanol–water partition coefficient (Wildman–Crippen LogP) is 3.00. The molecule has 2 N–H and O–H groups in total. The van der Waals surface area contributed by atoms with Crippen LogP contribution in [-0.2, 0) is 22.9 Å². The zero-order valence-corrected chi connectivity index (χ0v) is 19.0. The summed E-state index contributed by atoms with van der Waals surface area (Å²) in [4.78, 5) is 7.30. The van der Waals surface area contributed by atoms with E-state index in [0.717, 1.165) is 49.3 Å². The summed E-state index contributed by atoms with van der Waals surface area (Å²) in [6.45, 7) is 11.3. The Morgan fingerprint density at radius 3 is 2.50 bits per heavy atom. The van der Waals surface area contributed by atoms with E-state index in [1.54, 1.807) is 12.1 Å². The van der Waals surface area contributed by atoms with Gasteiger partial charge in [0.15, 0.2) is 0 Å². The molecule has 1 aliphatic heterocycles. The van der Waals surface area contributed by atoms with Crippen molar-refractivity contribution in [3.8, 4) is 22.8 Å². The number of nitrogens with zero attached hydrogens (tertiary/aromatic N) is 2. The molecule has 1 aromatic heterocycles. The first-order valence-corrected chi connectivity index (χ1v) is 12.0.